The van der Waals surface area contributed by atoms with E-state index in [0.29, 0.717) is 5.41 Å². The van der Waals surface area contributed by atoms with Crippen molar-refractivity contribution in [1.82, 2.24) is 9.88 Å². The molecule has 2 heterocycles. The fourth-order valence-corrected chi connectivity index (χ4v) is 4.03. The van der Waals surface area contributed by atoms with Gasteiger partial charge in [0.1, 0.15) is 5.75 Å². The van der Waals surface area contributed by atoms with Crippen LogP contribution in [0, 0.1) is 12.3 Å². The zero-order valence-electron chi connectivity index (χ0n) is 13.0. The first-order valence-electron chi connectivity index (χ1n) is 8.07. The third kappa shape index (κ3) is 2.24. The number of aryl methyl sites for hydroxylation is 1. The fourth-order valence-electron chi connectivity index (χ4n) is 4.03. The molecule has 21 heavy (non-hydrogen) atoms. The molecule has 2 aromatic rings. The Morgan fingerprint density at radius 3 is 2.95 bits per heavy atom. The minimum Gasteiger partial charge on any atom is -0.496 e. The number of hydrogen-bond acceptors (Lipinski definition) is 2. The number of piperidine rings is 1. The number of rotatable bonds is 3. The van der Waals surface area contributed by atoms with Gasteiger partial charge in [0, 0.05) is 35.8 Å². The highest BCUT2D eigenvalue weighted by molar-refractivity contribution is 5.88. The lowest BCUT2D eigenvalue weighted by molar-refractivity contribution is 0.153. The predicted molar refractivity (Wildman–Crippen MR) is 85.8 cm³/mol. The first kappa shape index (κ1) is 13.2. The minimum atomic E-state index is 0.674. The number of benzene rings is 1. The molecule has 0 atom stereocenters. The monoisotopic (exact) mass is 284 g/mol. The Kier molecular flexibility index (Phi) is 3.00. The molecule has 0 radical (unpaired) electrons. The maximum atomic E-state index is 5.67. The summed E-state index contributed by atoms with van der Waals surface area (Å²) in [6.45, 7) is 5.66. The largest absolute Gasteiger partial charge is 0.496 e. The highest BCUT2D eigenvalue weighted by Crippen LogP contribution is 2.52. The van der Waals surface area contributed by atoms with Crippen molar-refractivity contribution in [2.75, 3.05) is 20.2 Å². The molecule has 1 saturated heterocycles. The van der Waals surface area contributed by atoms with Gasteiger partial charge in [0.15, 0.2) is 0 Å². The second-order valence-corrected chi connectivity index (χ2v) is 6.95. The van der Waals surface area contributed by atoms with E-state index >= 15 is 0 Å². The standard InChI is InChI=1S/C18H24N2O/c1-13-10-16(21-2)15(14-4-8-19-17(13)14)11-20-9-3-5-18(12-20)6-7-18/h4,8,10,19H,3,5-7,9,11-12H2,1-2H3. The molecule has 2 aliphatic rings. The van der Waals surface area contributed by atoms with Crippen molar-refractivity contribution in [3.63, 3.8) is 0 Å². The van der Waals surface area contributed by atoms with Crippen molar-refractivity contribution in [1.29, 1.82) is 0 Å². The van der Waals surface area contributed by atoms with Gasteiger partial charge in [0.25, 0.3) is 0 Å². The van der Waals surface area contributed by atoms with Gasteiger partial charge in [0.2, 0.25) is 0 Å². The van der Waals surface area contributed by atoms with Crippen LogP contribution in [0.1, 0.15) is 36.8 Å². The van der Waals surface area contributed by atoms with E-state index in [1.165, 1.54) is 60.8 Å². The average Bonchev–Trinajstić information content (AvgIpc) is 3.04. The van der Waals surface area contributed by atoms with E-state index in [0.717, 1.165) is 12.3 Å². The minimum absolute atomic E-state index is 0.674. The topological polar surface area (TPSA) is 28.3 Å². The van der Waals surface area contributed by atoms with Crippen LogP contribution in [0.3, 0.4) is 0 Å². The van der Waals surface area contributed by atoms with E-state index in [4.69, 9.17) is 4.74 Å². The number of aromatic amines is 1. The lowest BCUT2D eigenvalue weighted by Gasteiger charge is -2.33. The molecular weight excluding hydrogens is 260 g/mol. The highest BCUT2D eigenvalue weighted by atomic mass is 16.5. The maximum Gasteiger partial charge on any atom is 0.124 e. The van der Waals surface area contributed by atoms with Gasteiger partial charge in [-0.1, -0.05) is 0 Å². The summed E-state index contributed by atoms with van der Waals surface area (Å²) in [5.74, 6) is 1.04. The lowest BCUT2D eigenvalue weighted by atomic mass is 9.94. The van der Waals surface area contributed by atoms with Crippen molar-refractivity contribution in [2.45, 2.75) is 39.2 Å². The van der Waals surface area contributed by atoms with Crippen molar-refractivity contribution in [3.05, 3.63) is 29.5 Å². The summed E-state index contributed by atoms with van der Waals surface area (Å²) in [5, 5.41) is 1.32. The van der Waals surface area contributed by atoms with Gasteiger partial charge in [0.05, 0.1) is 7.11 Å². The van der Waals surface area contributed by atoms with Crippen molar-refractivity contribution in [2.24, 2.45) is 5.41 Å². The summed E-state index contributed by atoms with van der Waals surface area (Å²) in [4.78, 5) is 6.01. The maximum absolute atomic E-state index is 5.67. The number of nitrogens with one attached hydrogen (secondary N) is 1. The van der Waals surface area contributed by atoms with Gasteiger partial charge in [-0.05, 0) is 62.3 Å². The number of H-pyrrole nitrogens is 1. The lowest BCUT2D eigenvalue weighted by Crippen LogP contribution is -2.36. The van der Waals surface area contributed by atoms with Crippen LogP contribution in [0.2, 0.25) is 0 Å². The molecule has 1 spiro atoms. The quantitative estimate of drug-likeness (QED) is 0.927. The Bertz CT molecular complexity index is 669. The molecular formula is C18H24N2O. The normalized spacial score (nSPS) is 21.0. The van der Waals surface area contributed by atoms with Crippen LogP contribution in [0.5, 0.6) is 5.75 Å². The van der Waals surface area contributed by atoms with E-state index in [1.54, 1.807) is 7.11 Å². The summed E-state index contributed by atoms with van der Waals surface area (Å²) in [6, 6.07) is 4.36. The molecule has 3 nitrogen and oxygen atoms in total. The molecule has 1 saturated carbocycles. The van der Waals surface area contributed by atoms with Crippen LogP contribution in [-0.2, 0) is 6.54 Å². The molecule has 112 valence electrons. The van der Waals surface area contributed by atoms with Crippen molar-refractivity contribution >= 4 is 10.9 Å². The molecule has 2 fully saturated rings. The van der Waals surface area contributed by atoms with E-state index in [-0.39, 0.29) is 0 Å². The van der Waals surface area contributed by atoms with Crippen molar-refractivity contribution < 1.29 is 4.74 Å². The first-order chi connectivity index (χ1) is 10.2. The molecule has 1 aliphatic heterocycles. The van der Waals surface area contributed by atoms with Gasteiger partial charge in [-0.3, -0.25) is 4.90 Å². The third-order valence-corrected chi connectivity index (χ3v) is 5.41. The molecule has 4 rings (SSSR count). The summed E-state index contributed by atoms with van der Waals surface area (Å²) >= 11 is 0. The number of nitrogens with zero attached hydrogens (tertiary/aromatic N) is 1. The van der Waals surface area contributed by atoms with Gasteiger partial charge in [-0.15, -0.1) is 0 Å². The molecule has 0 unspecified atom stereocenters. The number of methoxy groups -OCH3 is 1. The number of hydrogen-bond donors (Lipinski definition) is 1. The number of fused-ring (bicyclic) bond motifs is 1. The number of ether oxygens (including phenoxy) is 1. The van der Waals surface area contributed by atoms with Gasteiger partial charge >= 0.3 is 0 Å². The average molecular weight is 284 g/mol. The predicted octanol–water partition coefficient (Wildman–Crippen LogP) is 3.86. The van der Waals surface area contributed by atoms with E-state index < -0.39 is 0 Å². The summed E-state index contributed by atoms with van der Waals surface area (Å²) in [7, 11) is 1.79. The summed E-state index contributed by atoms with van der Waals surface area (Å²) < 4.78 is 5.67. The fraction of sp³-hybridized carbons (Fsp3) is 0.556. The molecule has 3 heteroatoms. The Morgan fingerprint density at radius 1 is 1.33 bits per heavy atom. The van der Waals surface area contributed by atoms with Crippen LogP contribution >= 0.6 is 0 Å². The van der Waals surface area contributed by atoms with Crippen LogP contribution in [0.4, 0.5) is 0 Å². The van der Waals surface area contributed by atoms with Crippen molar-refractivity contribution in [3.8, 4) is 5.75 Å². The molecule has 1 N–H and O–H groups in total. The van der Waals surface area contributed by atoms with E-state index in [9.17, 15) is 0 Å². The summed E-state index contributed by atoms with van der Waals surface area (Å²) in [5.41, 5.74) is 4.53. The SMILES string of the molecule is COc1cc(C)c2[nH]ccc2c1CN1CCCC2(CC2)C1. The molecule has 0 bridgehead atoms. The van der Waals surface area contributed by atoms with Gasteiger partial charge < -0.3 is 9.72 Å². The third-order valence-electron chi connectivity index (χ3n) is 5.41. The van der Waals surface area contributed by atoms with Gasteiger partial charge in [-0.25, -0.2) is 0 Å². The molecule has 0 amide bonds. The Labute approximate surface area is 126 Å². The second kappa shape index (κ2) is 4.77. The first-order valence-corrected chi connectivity index (χ1v) is 8.07. The van der Waals surface area contributed by atoms with E-state index in [2.05, 4.69) is 28.9 Å². The highest BCUT2D eigenvalue weighted by Gasteiger charge is 2.45. The van der Waals surface area contributed by atoms with Crippen LogP contribution in [-0.4, -0.2) is 30.1 Å². The summed E-state index contributed by atoms with van der Waals surface area (Å²) in [6.07, 6.45) is 7.71. The Morgan fingerprint density at radius 2 is 2.19 bits per heavy atom. The van der Waals surface area contributed by atoms with E-state index in [1.807, 2.05) is 6.20 Å². The number of aromatic nitrogens is 1. The van der Waals surface area contributed by atoms with Crippen LogP contribution in [0.25, 0.3) is 10.9 Å². The zero-order chi connectivity index (χ0) is 14.4. The second-order valence-electron chi connectivity index (χ2n) is 6.95. The molecule has 1 aliphatic carbocycles. The number of likely N-dealkylation sites (tertiary alicyclic amines) is 1. The van der Waals surface area contributed by atoms with Gasteiger partial charge in [-0.2, -0.15) is 0 Å². The Hall–Kier alpha value is -1.48. The molecule has 1 aromatic heterocycles. The zero-order valence-corrected chi connectivity index (χ0v) is 13.0. The molecule has 1 aromatic carbocycles. The smallest absolute Gasteiger partial charge is 0.124 e. The Balaban J connectivity index is 1.68. The van der Waals surface area contributed by atoms with Crippen LogP contribution < -0.4 is 4.74 Å². The van der Waals surface area contributed by atoms with Crippen LogP contribution in [0.15, 0.2) is 18.3 Å².